The molecule has 5 aromatic rings. The van der Waals surface area contributed by atoms with Gasteiger partial charge in [0.05, 0.1) is 119 Å². The van der Waals surface area contributed by atoms with E-state index in [0.717, 1.165) is 36.4 Å². The number of morpholine rings is 1. The molecule has 74 heavy (non-hydrogen) atoms. The molecule has 22 heteroatoms. The van der Waals surface area contributed by atoms with Crippen LogP contribution >= 0.6 is 0 Å². The Morgan fingerprint density at radius 3 is 2.15 bits per heavy atom. The van der Waals surface area contributed by atoms with Gasteiger partial charge in [-0.1, -0.05) is 18.2 Å². The third kappa shape index (κ3) is 12.8. The SMILES string of the molecule is O=C(CN1CCC(n2cc(-c3cnc4cccc(-c5cc(F)c(CN6CCOCC6)c(F)c5)c4n3)cn2)CC1)NCCOCCOCCOCCOCCNc1cccc2c1C(=O)N(C1CCC(=O)NC1=O)C2=O. The van der Waals surface area contributed by atoms with Crippen LogP contribution in [0.15, 0.2) is 67.1 Å². The molecule has 4 aliphatic rings. The number of hydrogen-bond donors (Lipinski definition) is 3. The number of carbonyl (C=O) groups is 5. The van der Waals surface area contributed by atoms with Crippen molar-refractivity contribution in [1.29, 1.82) is 0 Å². The molecule has 3 aromatic carbocycles. The van der Waals surface area contributed by atoms with E-state index in [1.165, 1.54) is 12.1 Å². The Labute approximate surface area is 426 Å². The lowest BCUT2D eigenvalue weighted by Gasteiger charge is -2.31. The lowest BCUT2D eigenvalue weighted by molar-refractivity contribution is -0.136. The average molecular weight is 1020 g/mol. The Balaban J connectivity index is 0.603. The van der Waals surface area contributed by atoms with Crippen LogP contribution in [0.4, 0.5) is 14.5 Å². The van der Waals surface area contributed by atoms with E-state index in [1.807, 2.05) is 21.8 Å². The van der Waals surface area contributed by atoms with Gasteiger partial charge in [0.25, 0.3) is 11.8 Å². The Kier molecular flexibility index (Phi) is 17.7. The number of nitrogens with zero attached hydrogens (tertiary/aromatic N) is 7. The number of likely N-dealkylation sites (tertiary alicyclic amines) is 1. The van der Waals surface area contributed by atoms with E-state index in [9.17, 15) is 24.0 Å². The van der Waals surface area contributed by atoms with E-state index >= 15 is 8.78 Å². The molecule has 6 heterocycles. The standard InChI is InChI=1S/C52H60F2N10O10/c53-40-27-34(28-41(54)39(40)32-62-15-19-72-20-16-62)37-3-1-6-43-49(37)59-44(30-57-43)35-29-58-63(31-35)36-9-13-61(14-10-36)33-47(66)56-12-18-71-22-24-74-26-25-73-23-21-70-17-11-55-42-5-2-4-38-48(42)52(69)64(51(38)68)45-7-8-46(65)60-50(45)67/h1-6,27-31,36,45,55H,7-26,32-33H2,(H,56,66)(H,60,65,67). The number of ether oxygens (including phenoxy) is 5. The van der Waals surface area contributed by atoms with Gasteiger partial charge in [-0.3, -0.25) is 53.7 Å². The smallest absolute Gasteiger partial charge is 0.264 e. The normalized spacial score (nSPS) is 17.8. The first kappa shape index (κ1) is 52.2. The Morgan fingerprint density at radius 1 is 0.757 bits per heavy atom. The maximum absolute atomic E-state index is 15.4. The first-order valence-electron chi connectivity index (χ1n) is 25.1. The summed E-state index contributed by atoms with van der Waals surface area (Å²) in [6, 6.07) is 12.2. The van der Waals surface area contributed by atoms with E-state index in [-0.39, 0.29) is 54.6 Å². The highest BCUT2D eigenvalue weighted by Gasteiger charge is 2.45. The lowest BCUT2D eigenvalue weighted by Crippen LogP contribution is -2.54. The highest BCUT2D eigenvalue weighted by atomic mass is 19.1. The molecule has 20 nitrogen and oxygen atoms in total. The predicted molar refractivity (Wildman–Crippen MR) is 265 cm³/mol. The highest BCUT2D eigenvalue weighted by molar-refractivity contribution is 6.25. The minimum absolute atomic E-state index is 0.0404. The van der Waals surface area contributed by atoms with Gasteiger partial charge in [-0.05, 0) is 55.2 Å². The second-order valence-corrected chi connectivity index (χ2v) is 18.4. The summed E-state index contributed by atoms with van der Waals surface area (Å²) in [5.41, 5.74) is 4.39. The summed E-state index contributed by atoms with van der Waals surface area (Å²) in [4.78, 5) is 77.5. The number of amides is 5. The summed E-state index contributed by atoms with van der Waals surface area (Å²) in [6.45, 7) is 7.86. The van der Waals surface area contributed by atoms with Crippen molar-refractivity contribution in [3.8, 4) is 22.4 Å². The Morgan fingerprint density at radius 2 is 1.43 bits per heavy atom. The van der Waals surface area contributed by atoms with Crippen molar-refractivity contribution in [2.45, 2.75) is 44.3 Å². The van der Waals surface area contributed by atoms with Crippen molar-refractivity contribution in [3.63, 3.8) is 0 Å². The van der Waals surface area contributed by atoms with Gasteiger partial charge in [0.1, 0.15) is 17.7 Å². The van der Waals surface area contributed by atoms with Crippen LogP contribution < -0.4 is 16.0 Å². The number of para-hydroxylation sites is 1. The first-order valence-corrected chi connectivity index (χ1v) is 25.1. The molecular formula is C52H60F2N10O10. The van der Waals surface area contributed by atoms with Crippen molar-refractivity contribution < 1.29 is 56.4 Å². The maximum Gasteiger partial charge on any atom is 0.264 e. The molecule has 1 atom stereocenters. The fourth-order valence-electron chi connectivity index (χ4n) is 9.51. The van der Waals surface area contributed by atoms with Gasteiger partial charge in [-0.25, -0.2) is 13.8 Å². The molecule has 3 fully saturated rings. The molecular weight excluding hydrogens is 963 g/mol. The van der Waals surface area contributed by atoms with Crippen molar-refractivity contribution >= 4 is 46.3 Å². The van der Waals surface area contributed by atoms with Gasteiger partial charge >= 0.3 is 0 Å². The zero-order valence-electron chi connectivity index (χ0n) is 41.0. The van der Waals surface area contributed by atoms with Crippen LogP contribution in [0.1, 0.15) is 58.0 Å². The summed E-state index contributed by atoms with van der Waals surface area (Å²) in [5, 5.41) is 12.9. The number of imide groups is 2. The maximum atomic E-state index is 15.4. The fraction of sp³-hybridized carbons (Fsp3) is 0.462. The zero-order chi connectivity index (χ0) is 51.4. The molecule has 3 saturated heterocycles. The quantitative estimate of drug-likeness (QED) is 0.0594. The van der Waals surface area contributed by atoms with E-state index in [4.69, 9.17) is 28.7 Å². The molecule has 0 bridgehead atoms. The average Bonchev–Trinajstić information content (AvgIpc) is 4.00. The van der Waals surface area contributed by atoms with Gasteiger partial charge < -0.3 is 34.3 Å². The third-order valence-electron chi connectivity index (χ3n) is 13.4. The zero-order valence-corrected chi connectivity index (χ0v) is 41.0. The Bertz CT molecular complexity index is 2800. The van der Waals surface area contributed by atoms with Crippen molar-refractivity contribution in [2.24, 2.45) is 0 Å². The van der Waals surface area contributed by atoms with Crippen LogP contribution in [-0.4, -0.2) is 182 Å². The van der Waals surface area contributed by atoms with Crippen molar-refractivity contribution in [1.82, 2.24) is 45.1 Å². The lowest BCUT2D eigenvalue weighted by atomic mass is 10.0. The van der Waals surface area contributed by atoms with E-state index < -0.39 is 41.3 Å². The monoisotopic (exact) mass is 1020 g/mol. The number of rotatable bonds is 24. The third-order valence-corrected chi connectivity index (χ3v) is 13.4. The summed E-state index contributed by atoms with van der Waals surface area (Å²) >= 11 is 0. The van der Waals surface area contributed by atoms with E-state index in [2.05, 4.69) is 30.9 Å². The number of aromatic nitrogens is 4. The predicted octanol–water partition coefficient (Wildman–Crippen LogP) is 3.60. The largest absolute Gasteiger partial charge is 0.382 e. The molecule has 3 N–H and O–H groups in total. The van der Waals surface area contributed by atoms with Crippen LogP contribution in [0.2, 0.25) is 0 Å². The molecule has 9 rings (SSSR count). The molecule has 0 aliphatic carbocycles. The first-order chi connectivity index (χ1) is 36.1. The molecule has 1 unspecified atom stereocenters. The second-order valence-electron chi connectivity index (χ2n) is 18.4. The number of anilines is 1. The van der Waals surface area contributed by atoms with Gasteiger partial charge in [-0.2, -0.15) is 5.10 Å². The number of fused-ring (bicyclic) bond motifs is 2. The Hall–Kier alpha value is -6.66. The van der Waals surface area contributed by atoms with E-state index in [0.29, 0.717) is 126 Å². The summed E-state index contributed by atoms with van der Waals surface area (Å²) in [5.74, 6) is -3.49. The molecule has 2 aromatic heterocycles. The number of nitrogens with one attached hydrogen (secondary N) is 3. The molecule has 0 spiro atoms. The topological polar surface area (TPSA) is 221 Å². The van der Waals surface area contributed by atoms with Crippen LogP contribution in [0, 0.1) is 11.6 Å². The highest BCUT2D eigenvalue weighted by Crippen LogP contribution is 2.34. The fourth-order valence-corrected chi connectivity index (χ4v) is 9.51. The molecule has 4 aliphatic heterocycles. The minimum atomic E-state index is -1.03. The number of hydrogen-bond acceptors (Lipinski definition) is 16. The number of carbonyl (C=O) groups excluding carboxylic acids is 5. The number of piperidine rings is 2. The summed E-state index contributed by atoms with van der Waals surface area (Å²) in [7, 11) is 0. The molecule has 392 valence electrons. The van der Waals surface area contributed by atoms with Crippen molar-refractivity contribution in [2.75, 3.05) is 117 Å². The van der Waals surface area contributed by atoms with Crippen LogP contribution in [-0.2, 0) is 44.6 Å². The van der Waals surface area contributed by atoms with Crippen LogP contribution in [0.3, 0.4) is 0 Å². The summed E-state index contributed by atoms with van der Waals surface area (Å²) in [6.07, 6.45) is 7.15. The molecule has 0 radical (unpaired) electrons. The summed E-state index contributed by atoms with van der Waals surface area (Å²) < 4.78 is 60.5. The number of halogens is 2. The van der Waals surface area contributed by atoms with Gasteiger partial charge in [0.15, 0.2) is 0 Å². The second kappa shape index (κ2) is 25.0. The van der Waals surface area contributed by atoms with Gasteiger partial charge in [0.2, 0.25) is 17.7 Å². The number of benzene rings is 3. The van der Waals surface area contributed by atoms with Gasteiger partial charge in [0, 0.05) is 80.8 Å². The van der Waals surface area contributed by atoms with Crippen LogP contribution in [0.25, 0.3) is 33.4 Å². The molecule has 0 saturated carbocycles. The van der Waals surface area contributed by atoms with Gasteiger partial charge in [-0.15, -0.1) is 0 Å². The van der Waals surface area contributed by atoms with Crippen molar-refractivity contribution in [3.05, 3.63) is 95.4 Å². The van der Waals surface area contributed by atoms with Crippen LogP contribution in [0.5, 0.6) is 0 Å². The minimum Gasteiger partial charge on any atom is -0.382 e. The molecule has 5 amide bonds. The van der Waals surface area contributed by atoms with E-state index in [1.54, 1.807) is 42.7 Å².